The lowest BCUT2D eigenvalue weighted by atomic mass is 10.0. The van der Waals surface area contributed by atoms with E-state index in [0.29, 0.717) is 0 Å². The van der Waals surface area contributed by atoms with Gasteiger partial charge >= 0.3 is 12.1 Å². The van der Waals surface area contributed by atoms with Crippen LogP contribution < -0.4 is 0 Å². The Kier molecular flexibility index (Phi) is 3.57. The van der Waals surface area contributed by atoms with Crippen molar-refractivity contribution >= 4 is 5.97 Å². The summed E-state index contributed by atoms with van der Waals surface area (Å²) >= 11 is 0. The van der Waals surface area contributed by atoms with Crippen molar-refractivity contribution in [2.45, 2.75) is 26.1 Å². The smallest absolute Gasteiger partial charge is 0.416 e. The second-order valence-corrected chi connectivity index (χ2v) is 3.34. The average molecular weight is 232 g/mol. The second-order valence-electron chi connectivity index (χ2n) is 3.34. The monoisotopic (exact) mass is 232 g/mol. The number of carbonyl (C=O) groups is 1. The van der Waals surface area contributed by atoms with Gasteiger partial charge in [-0.05, 0) is 13.0 Å². The molecule has 1 atom stereocenters. The predicted octanol–water partition coefficient (Wildman–Crippen LogP) is 3.33. The Morgan fingerprint density at radius 2 is 1.88 bits per heavy atom. The molecule has 0 bridgehead atoms. The molecule has 0 aliphatic rings. The summed E-state index contributed by atoms with van der Waals surface area (Å²) in [6.07, 6.45) is -5.35. The van der Waals surface area contributed by atoms with Gasteiger partial charge < -0.3 is 4.74 Å². The summed E-state index contributed by atoms with van der Waals surface area (Å²) in [4.78, 5) is 10.7. The molecule has 0 aliphatic heterocycles. The lowest BCUT2D eigenvalue weighted by molar-refractivity contribution is -0.149. The van der Waals surface area contributed by atoms with E-state index in [1.807, 2.05) is 0 Å². The number of rotatable bonds is 2. The molecular formula is C11H11F3O2. The Hall–Kier alpha value is -1.52. The van der Waals surface area contributed by atoms with Gasteiger partial charge in [-0.25, -0.2) is 0 Å². The van der Waals surface area contributed by atoms with Crippen molar-refractivity contribution in [1.29, 1.82) is 0 Å². The quantitative estimate of drug-likeness (QED) is 0.731. The van der Waals surface area contributed by atoms with Gasteiger partial charge in [0.05, 0.1) is 5.56 Å². The molecule has 0 aromatic heterocycles. The first-order valence-electron chi connectivity index (χ1n) is 4.65. The van der Waals surface area contributed by atoms with E-state index in [0.717, 1.165) is 13.0 Å². The molecule has 0 fully saturated rings. The molecule has 0 aliphatic carbocycles. The van der Waals surface area contributed by atoms with Crippen molar-refractivity contribution in [2.24, 2.45) is 0 Å². The van der Waals surface area contributed by atoms with Crippen LogP contribution in [0.15, 0.2) is 24.3 Å². The van der Waals surface area contributed by atoms with Gasteiger partial charge in [-0.15, -0.1) is 0 Å². The van der Waals surface area contributed by atoms with Crippen molar-refractivity contribution in [3.8, 4) is 0 Å². The molecule has 1 aromatic carbocycles. The summed E-state index contributed by atoms with van der Waals surface area (Å²) in [7, 11) is 0. The maximum Gasteiger partial charge on any atom is 0.416 e. The van der Waals surface area contributed by atoms with Crippen molar-refractivity contribution in [3.05, 3.63) is 35.4 Å². The highest BCUT2D eigenvalue weighted by atomic mass is 19.4. The van der Waals surface area contributed by atoms with Gasteiger partial charge in [0.15, 0.2) is 0 Å². The molecule has 0 spiro atoms. The Labute approximate surface area is 91.0 Å². The molecule has 2 nitrogen and oxygen atoms in total. The highest BCUT2D eigenvalue weighted by molar-refractivity contribution is 5.66. The van der Waals surface area contributed by atoms with Gasteiger partial charge in [-0.3, -0.25) is 4.79 Å². The van der Waals surface area contributed by atoms with Crippen LogP contribution in [0.4, 0.5) is 13.2 Å². The summed E-state index contributed by atoms with van der Waals surface area (Å²) in [5.41, 5.74) is -0.811. The van der Waals surface area contributed by atoms with Crippen LogP contribution in [0.25, 0.3) is 0 Å². The van der Waals surface area contributed by atoms with Gasteiger partial charge in [0.2, 0.25) is 0 Å². The SMILES string of the molecule is CC(=O)O[C@H](C)c1ccccc1C(F)(F)F. The van der Waals surface area contributed by atoms with E-state index in [9.17, 15) is 18.0 Å². The lowest BCUT2D eigenvalue weighted by Crippen LogP contribution is -2.13. The molecular weight excluding hydrogens is 221 g/mol. The Morgan fingerprint density at radius 1 is 1.31 bits per heavy atom. The number of ether oxygens (including phenoxy) is 1. The summed E-state index contributed by atoms with van der Waals surface area (Å²) in [6, 6.07) is 5.04. The predicted molar refractivity (Wildman–Crippen MR) is 51.6 cm³/mol. The number of hydrogen-bond acceptors (Lipinski definition) is 2. The summed E-state index contributed by atoms with van der Waals surface area (Å²) in [6.45, 7) is 2.57. The van der Waals surface area contributed by atoms with Gasteiger partial charge in [0.1, 0.15) is 6.10 Å². The summed E-state index contributed by atoms with van der Waals surface area (Å²) in [5, 5.41) is 0. The molecule has 1 aromatic rings. The van der Waals surface area contributed by atoms with Crippen LogP contribution in [0.2, 0.25) is 0 Å². The summed E-state index contributed by atoms with van der Waals surface area (Å²) < 4.78 is 42.6. The number of benzene rings is 1. The van der Waals surface area contributed by atoms with Crippen molar-refractivity contribution in [1.82, 2.24) is 0 Å². The van der Waals surface area contributed by atoms with Crippen LogP contribution in [0.1, 0.15) is 31.1 Å². The second kappa shape index (κ2) is 4.55. The fourth-order valence-electron chi connectivity index (χ4n) is 1.42. The topological polar surface area (TPSA) is 26.3 Å². The minimum absolute atomic E-state index is 0.0369. The van der Waals surface area contributed by atoms with E-state index in [2.05, 4.69) is 0 Å². The first-order chi connectivity index (χ1) is 7.32. The van der Waals surface area contributed by atoms with Gasteiger partial charge in [0, 0.05) is 12.5 Å². The zero-order chi connectivity index (χ0) is 12.3. The van der Waals surface area contributed by atoms with Crippen LogP contribution >= 0.6 is 0 Å². The minimum atomic E-state index is -4.44. The number of halogens is 3. The maximum absolute atomic E-state index is 12.6. The number of hydrogen-bond donors (Lipinski definition) is 0. The first kappa shape index (κ1) is 12.5. The normalized spacial score (nSPS) is 13.3. The van der Waals surface area contributed by atoms with Crippen LogP contribution in [0, 0.1) is 0 Å². The minimum Gasteiger partial charge on any atom is -0.458 e. The fraction of sp³-hybridized carbons (Fsp3) is 0.364. The highest BCUT2D eigenvalue weighted by Gasteiger charge is 2.34. The van der Waals surface area contributed by atoms with Gasteiger partial charge in [-0.1, -0.05) is 18.2 Å². The average Bonchev–Trinajstić information content (AvgIpc) is 2.15. The lowest BCUT2D eigenvalue weighted by Gasteiger charge is -2.17. The molecule has 0 heterocycles. The number of carbonyl (C=O) groups excluding carboxylic acids is 1. The molecule has 0 unspecified atom stereocenters. The molecule has 88 valence electrons. The largest absolute Gasteiger partial charge is 0.458 e. The van der Waals surface area contributed by atoms with Crippen LogP contribution in [0.5, 0.6) is 0 Å². The molecule has 16 heavy (non-hydrogen) atoms. The van der Waals surface area contributed by atoms with Crippen LogP contribution in [-0.4, -0.2) is 5.97 Å². The van der Waals surface area contributed by atoms with E-state index in [1.165, 1.54) is 25.1 Å². The first-order valence-corrected chi connectivity index (χ1v) is 4.65. The fourth-order valence-corrected chi connectivity index (χ4v) is 1.42. The van der Waals surface area contributed by atoms with Crippen LogP contribution in [-0.2, 0) is 15.7 Å². The highest BCUT2D eigenvalue weighted by Crippen LogP contribution is 2.35. The third-order valence-corrected chi connectivity index (χ3v) is 2.05. The van der Waals surface area contributed by atoms with Gasteiger partial charge in [-0.2, -0.15) is 13.2 Å². The number of esters is 1. The molecule has 0 N–H and O–H groups in total. The van der Waals surface area contributed by atoms with Crippen molar-refractivity contribution in [2.75, 3.05) is 0 Å². The summed E-state index contributed by atoms with van der Waals surface area (Å²) in [5.74, 6) is -0.607. The molecule has 0 amide bonds. The Balaban J connectivity index is 3.08. The van der Waals surface area contributed by atoms with Crippen molar-refractivity contribution < 1.29 is 22.7 Å². The molecule has 1 rings (SSSR count). The Morgan fingerprint density at radius 3 is 2.38 bits per heavy atom. The third-order valence-electron chi connectivity index (χ3n) is 2.05. The van der Waals surface area contributed by atoms with E-state index in [1.54, 1.807) is 0 Å². The molecule has 0 radical (unpaired) electrons. The number of alkyl halides is 3. The van der Waals surface area contributed by atoms with E-state index < -0.39 is 23.8 Å². The van der Waals surface area contributed by atoms with E-state index in [4.69, 9.17) is 4.74 Å². The van der Waals surface area contributed by atoms with Crippen LogP contribution in [0.3, 0.4) is 0 Å². The zero-order valence-corrected chi connectivity index (χ0v) is 8.84. The van der Waals surface area contributed by atoms with E-state index >= 15 is 0 Å². The maximum atomic E-state index is 12.6. The zero-order valence-electron chi connectivity index (χ0n) is 8.84. The standard InChI is InChI=1S/C11H11F3O2/c1-7(16-8(2)15)9-5-3-4-6-10(9)11(12,13)14/h3-7H,1-2H3/t7-/m1/s1. The third kappa shape index (κ3) is 2.98. The van der Waals surface area contributed by atoms with Crippen molar-refractivity contribution in [3.63, 3.8) is 0 Å². The molecule has 0 saturated heterocycles. The van der Waals surface area contributed by atoms with E-state index in [-0.39, 0.29) is 5.56 Å². The molecule has 0 saturated carbocycles. The van der Waals surface area contributed by atoms with Gasteiger partial charge in [0.25, 0.3) is 0 Å². The Bertz CT molecular complexity index is 385. The molecule has 5 heteroatoms.